The lowest BCUT2D eigenvalue weighted by molar-refractivity contribution is 0.0687. The summed E-state index contributed by atoms with van der Waals surface area (Å²) in [6.45, 7) is 0. The van der Waals surface area contributed by atoms with Crippen LogP contribution in [-0.2, 0) is 6.42 Å². The molecule has 0 fully saturated rings. The summed E-state index contributed by atoms with van der Waals surface area (Å²) >= 11 is 0. The highest BCUT2D eigenvalue weighted by molar-refractivity contribution is 6.04. The topological polar surface area (TPSA) is 116 Å². The van der Waals surface area contributed by atoms with Crippen LogP contribution in [-0.4, -0.2) is 37.3 Å². The van der Waals surface area contributed by atoms with Crippen molar-refractivity contribution in [2.75, 3.05) is 0 Å². The lowest BCUT2D eigenvalue weighted by atomic mass is 10.0. The molecule has 7 nitrogen and oxygen atoms in total. The SMILES string of the molecule is O=C(O)c1ccc(-c2cc(C(=O)O)c3c(Cc4ccccc4)[nH]nc3n2)cc1. The first-order chi connectivity index (χ1) is 13.5. The Labute approximate surface area is 159 Å². The second kappa shape index (κ2) is 6.96. The Balaban J connectivity index is 1.81. The lowest BCUT2D eigenvalue weighted by Gasteiger charge is -2.06. The average Bonchev–Trinajstić information content (AvgIpc) is 3.10. The monoisotopic (exact) mass is 373 g/mol. The Kier molecular flexibility index (Phi) is 4.33. The summed E-state index contributed by atoms with van der Waals surface area (Å²) < 4.78 is 0. The standard InChI is InChI=1S/C21H15N3O4/c25-20(26)14-8-6-13(7-9-14)16-11-15(21(27)28)18-17(23-24-19(18)22-16)10-12-4-2-1-3-5-12/h1-9,11H,10H2,(H,25,26)(H,27,28)(H,22,23,24). The highest BCUT2D eigenvalue weighted by Gasteiger charge is 2.19. The number of aromatic amines is 1. The van der Waals surface area contributed by atoms with Crippen molar-refractivity contribution < 1.29 is 19.8 Å². The molecular weight excluding hydrogens is 358 g/mol. The zero-order valence-electron chi connectivity index (χ0n) is 14.6. The summed E-state index contributed by atoms with van der Waals surface area (Å²) in [6.07, 6.45) is 0.506. The van der Waals surface area contributed by atoms with E-state index in [9.17, 15) is 14.7 Å². The van der Waals surface area contributed by atoms with E-state index in [0.29, 0.717) is 34.4 Å². The van der Waals surface area contributed by atoms with Gasteiger partial charge in [0.15, 0.2) is 5.65 Å². The van der Waals surface area contributed by atoms with E-state index in [2.05, 4.69) is 15.2 Å². The third kappa shape index (κ3) is 3.21. The maximum Gasteiger partial charge on any atom is 0.336 e. The quantitative estimate of drug-likeness (QED) is 0.492. The number of fused-ring (bicyclic) bond motifs is 1. The molecule has 2 aromatic carbocycles. The van der Waals surface area contributed by atoms with Gasteiger partial charge < -0.3 is 10.2 Å². The number of H-pyrrole nitrogens is 1. The molecule has 0 atom stereocenters. The first-order valence-electron chi connectivity index (χ1n) is 8.52. The summed E-state index contributed by atoms with van der Waals surface area (Å²) in [4.78, 5) is 27.4. The third-order valence-electron chi connectivity index (χ3n) is 4.48. The number of benzene rings is 2. The van der Waals surface area contributed by atoms with Crippen molar-refractivity contribution in [1.29, 1.82) is 0 Å². The summed E-state index contributed by atoms with van der Waals surface area (Å²) in [5.41, 5.74) is 3.29. The minimum Gasteiger partial charge on any atom is -0.478 e. The number of carboxylic acid groups (broad SMARTS) is 2. The van der Waals surface area contributed by atoms with Gasteiger partial charge in [0.05, 0.1) is 22.2 Å². The molecule has 4 aromatic rings. The van der Waals surface area contributed by atoms with Gasteiger partial charge in [-0.3, -0.25) is 5.10 Å². The molecule has 7 heteroatoms. The summed E-state index contributed by atoms with van der Waals surface area (Å²) in [6, 6.07) is 17.3. The fourth-order valence-corrected chi connectivity index (χ4v) is 3.11. The van der Waals surface area contributed by atoms with Gasteiger partial charge >= 0.3 is 11.9 Å². The number of carboxylic acids is 2. The van der Waals surface area contributed by atoms with Crippen molar-refractivity contribution in [2.45, 2.75) is 6.42 Å². The molecule has 0 aliphatic rings. The summed E-state index contributed by atoms with van der Waals surface area (Å²) in [5.74, 6) is -2.11. The predicted molar refractivity (Wildman–Crippen MR) is 102 cm³/mol. The highest BCUT2D eigenvalue weighted by atomic mass is 16.4. The Morgan fingerprint density at radius 3 is 2.29 bits per heavy atom. The normalized spacial score (nSPS) is 10.9. The largest absolute Gasteiger partial charge is 0.478 e. The van der Waals surface area contributed by atoms with Crippen molar-refractivity contribution in [2.24, 2.45) is 0 Å². The van der Waals surface area contributed by atoms with Crippen LogP contribution in [0.1, 0.15) is 32.0 Å². The highest BCUT2D eigenvalue weighted by Crippen LogP contribution is 2.27. The molecule has 0 aliphatic heterocycles. The first-order valence-corrected chi connectivity index (χ1v) is 8.52. The fourth-order valence-electron chi connectivity index (χ4n) is 3.11. The maximum atomic E-state index is 11.9. The number of aromatic carboxylic acids is 2. The summed E-state index contributed by atoms with van der Waals surface area (Å²) in [5, 5.41) is 26.3. The number of carbonyl (C=O) groups is 2. The zero-order chi connectivity index (χ0) is 19.7. The minimum atomic E-state index is -1.08. The molecule has 28 heavy (non-hydrogen) atoms. The number of hydrogen-bond acceptors (Lipinski definition) is 4. The summed E-state index contributed by atoms with van der Waals surface area (Å²) in [7, 11) is 0. The number of nitrogens with one attached hydrogen (secondary N) is 1. The molecule has 2 aromatic heterocycles. The van der Waals surface area contributed by atoms with Crippen LogP contribution in [0.5, 0.6) is 0 Å². The van der Waals surface area contributed by atoms with E-state index in [4.69, 9.17) is 5.11 Å². The predicted octanol–water partition coefficient (Wildman–Crippen LogP) is 3.61. The molecule has 4 rings (SSSR count). The van der Waals surface area contributed by atoms with Crippen LogP contribution in [0.15, 0.2) is 60.7 Å². The van der Waals surface area contributed by atoms with Gasteiger partial charge in [-0.25, -0.2) is 14.6 Å². The van der Waals surface area contributed by atoms with Gasteiger partial charge in [0.2, 0.25) is 0 Å². The van der Waals surface area contributed by atoms with Gasteiger partial charge in [-0.05, 0) is 23.8 Å². The fraction of sp³-hybridized carbons (Fsp3) is 0.0476. The van der Waals surface area contributed by atoms with Crippen LogP contribution in [0.3, 0.4) is 0 Å². The average molecular weight is 373 g/mol. The molecule has 0 saturated carbocycles. The Hall–Kier alpha value is -4.00. The van der Waals surface area contributed by atoms with Crippen LogP contribution in [0.4, 0.5) is 0 Å². The Bertz CT molecular complexity index is 1180. The molecule has 0 amide bonds. The van der Waals surface area contributed by atoms with Crippen molar-refractivity contribution in [3.05, 3.63) is 83.0 Å². The number of pyridine rings is 1. The second-order valence-electron chi connectivity index (χ2n) is 6.31. The van der Waals surface area contributed by atoms with Crippen LogP contribution >= 0.6 is 0 Å². The molecule has 0 unspecified atom stereocenters. The molecule has 0 saturated heterocycles. The van der Waals surface area contributed by atoms with E-state index in [1.54, 1.807) is 12.1 Å². The number of aromatic nitrogens is 3. The van der Waals surface area contributed by atoms with Crippen LogP contribution in [0, 0.1) is 0 Å². The molecule has 138 valence electrons. The van der Waals surface area contributed by atoms with Gasteiger partial charge in [-0.15, -0.1) is 0 Å². The van der Waals surface area contributed by atoms with Gasteiger partial charge in [0, 0.05) is 17.7 Å². The van der Waals surface area contributed by atoms with E-state index in [-0.39, 0.29) is 11.1 Å². The van der Waals surface area contributed by atoms with E-state index in [1.165, 1.54) is 18.2 Å². The van der Waals surface area contributed by atoms with Gasteiger partial charge in [-0.1, -0.05) is 42.5 Å². The van der Waals surface area contributed by atoms with Crippen molar-refractivity contribution in [3.8, 4) is 11.3 Å². The number of rotatable bonds is 5. The molecule has 0 spiro atoms. The van der Waals surface area contributed by atoms with Crippen LogP contribution < -0.4 is 0 Å². The van der Waals surface area contributed by atoms with Crippen molar-refractivity contribution in [3.63, 3.8) is 0 Å². The lowest BCUT2D eigenvalue weighted by Crippen LogP contribution is -2.02. The minimum absolute atomic E-state index is 0.0991. The van der Waals surface area contributed by atoms with Gasteiger partial charge in [0.1, 0.15) is 0 Å². The number of hydrogen-bond donors (Lipinski definition) is 3. The molecule has 0 radical (unpaired) electrons. The molecule has 0 aliphatic carbocycles. The zero-order valence-corrected chi connectivity index (χ0v) is 14.6. The third-order valence-corrected chi connectivity index (χ3v) is 4.48. The maximum absolute atomic E-state index is 11.9. The Morgan fingerprint density at radius 2 is 1.64 bits per heavy atom. The Morgan fingerprint density at radius 1 is 0.929 bits per heavy atom. The molecule has 2 heterocycles. The van der Waals surface area contributed by atoms with Gasteiger partial charge in [0.25, 0.3) is 0 Å². The van der Waals surface area contributed by atoms with Gasteiger partial charge in [-0.2, -0.15) is 5.10 Å². The van der Waals surface area contributed by atoms with E-state index in [0.717, 1.165) is 5.56 Å². The molecular formula is C21H15N3O4. The second-order valence-corrected chi connectivity index (χ2v) is 6.31. The van der Waals surface area contributed by atoms with Crippen LogP contribution in [0.2, 0.25) is 0 Å². The van der Waals surface area contributed by atoms with E-state index >= 15 is 0 Å². The van der Waals surface area contributed by atoms with E-state index < -0.39 is 11.9 Å². The molecule has 0 bridgehead atoms. The molecule has 3 N–H and O–H groups in total. The van der Waals surface area contributed by atoms with Crippen molar-refractivity contribution >= 4 is 23.0 Å². The van der Waals surface area contributed by atoms with Crippen LogP contribution in [0.25, 0.3) is 22.3 Å². The first kappa shape index (κ1) is 17.4. The smallest absolute Gasteiger partial charge is 0.336 e. The van der Waals surface area contributed by atoms with Crippen molar-refractivity contribution in [1.82, 2.24) is 15.2 Å². The number of nitrogens with zero attached hydrogens (tertiary/aromatic N) is 2. The van der Waals surface area contributed by atoms with E-state index in [1.807, 2.05) is 30.3 Å².